The van der Waals surface area contributed by atoms with Gasteiger partial charge in [-0.25, -0.2) is 0 Å². The summed E-state index contributed by atoms with van der Waals surface area (Å²) in [6.45, 7) is 8.27. The van der Waals surface area contributed by atoms with E-state index in [0.29, 0.717) is 5.92 Å². The SMILES string of the molecule is CCC(C)c1ccc(CN2CCCCC2)cc1. The third-order valence-electron chi connectivity index (χ3n) is 4.02. The fourth-order valence-corrected chi connectivity index (χ4v) is 2.56. The van der Waals surface area contributed by atoms with Gasteiger partial charge in [-0.15, -0.1) is 0 Å². The van der Waals surface area contributed by atoms with E-state index < -0.39 is 0 Å². The largest absolute Gasteiger partial charge is 0.299 e. The fraction of sp³-hybridized carbons (Fsp3) is 0.625. The molecule has 17 heavy (non-hydrogen) atoms. The Kier molecular flexibility index (Phi) is 4.61. The van der Waals surface area contributed by atoms with Crippen molar-refractivity contribution in [3.05, 3.63) is 35.4 Å². The highest BCUT2D eigenvalue weighted by atomic mass is 15.1. The van der Waals surface area contributed by atoms with Gasteiger partial charge < -0.3 is 0 Å². The Morgan fingerprint density at radius 1 is 1.06 bits per heavy atom. The number of nitrogens with zero attached hydrogens (tertiary/aromatic N) is 1. The van der Waals surface area contributed by atoms with Crippen molar-refractivity contribution in [2.75, 3.05) is 13.1 Å². The third kappa shape index (κ3) is 3.57. The molecule has 0 radical (unpaired) electrons. The highest BCUT2D eigenvalue weighted by Gasteiger charge is 2.10. The van der Waals surface area contributed by atoms with Crippen LogP contribution in [0.1, 0.15) is 56.6 Å². The number of hydrogen-bond donors (Lipinski definition) is 0. The van der Waals surface area contributed by atoms with E-state index in [1.165, 1.54) is 49.9 Å². The van der Waals surface area contributed by atoms with Crippen molar-refractivity contribution in [2.45, 2.75) is 52.0 Å². The van der Waals surface area contributed by atoms with Gasteiger partial charge in [0.1, 0.15) is 0 Å². The summed E-state index contributed by atoms with van der Waals surface area (Å²) in [5.41, 5.74) is 2.95. The lowest BCUT2D eigenvalue weighted by molar-refractivity contribution is 0.221. The quantitative estimate of drug-likeness (QED) is 0.751. The molecule has 1 aromatic carbocycles. The number of benzene rings is 1. The molecule has 2 rings (SSSR count). The molecule has 0 aromatic heterocycles. The van der Waals surface area contributed by atoms with E-state index in [1.807, 2.05) is 0 Å². The van der Waals surface area contributed by atoms with Crippen molar-refractivity contribution in [1.82, 2.24) is 4.90 Å². The summed E-state index contributed by atoms with van der Waals surface area (Å²) in [6.07, 6.45) is 5.41. The van der Waals surface area contributed by atoms with E-state index in [4.69, 9.17) is 0 Å². The molecule has 0 bridgehead atoms. The van der Waals surface area contributed by atoms with Gasteiger partial charge in [0.05, 0.1) is 0 Å². The van der Waals surface area contributed by atoms with Crippen molar-refractivity contribution in [2.24, 2.45) is 0 Å². The molecule has 0 saturated carbocycles. The van der Waals surface area contributed by atoms with Crippen molar-refractivity contribution < 1.29 is 0 Å². The molecule has 1 heteroatoms. The van der Waals surface area contributed by atoms with Crippen molar-refractivity contribution >= 4 is 0 Å². The van der Waals surface area contributed by atoms with Crippen LogP contribution in [-0.2, 0) is 6.54 Å². The molecule has 1 aliphatic heterocycles. The monoisotopic (exact) mass is 231 g/mol. The molecule has 0 aliphatic carbocycles. The Morgan fingerprint density at radius 3 is 2.29 bits per heavy atom. The lowest BCUT2D eigenvalue weighted by Gasteiger charge is -2.26. The third-order valence-corrected chi connectivity index (χ3v) is 4.02. The summed E-state index contributed by atoms with van der Waals surface area (Å²) in [5, 5.41) is 0. The molecule has 0 spiro atoms. The smallest absolute Gasteiger partial charge is 0.0233 e. The van der Waals surface area contributed by atoms with Crippen LogP contribution in [0.25, 0.3) is 0 Å². The lowest BCUT2D eigenvalue weighted by atomic mass is 9.97. The summed E-state index contributed by atoms with van der Waals surface area (Å²) < 4.78 is 0. The molecular formula is C16H25N. The van der Waals surface area contributed by atoms with Gasteiger partial charge >= 0.3 is 0 Å². The molecule has 1 nitrogen and oxygen atoms in total. The first-order valence-electron chi connectivity index (χ1n) is 7.10. The van der Waals surface area contributed by atoms with E-state index in [-0.39, 0.29) is 0 Å². The van der Waals surface area contributed by atoms with Gasteiger partial charge in [0.15, 0.2) is 0 Å². The molecule has 1 saturated heterocycles. The van der Waals surface area contributed by atoms with Crippen LogP contribution >= 0.6 is 0 Å². The van der Waals surface area contributed by atoms with Crippen molar-refractivity contribution in [3.8, 4) is 0 Å². The minimum Gasteiger partial charge on any atom is -0.299 e. The van der Waals surface area contributed by atoms with E-state index in [2.05, 4.69) is 43.0 Å². The molecule has 1 unspecified atom stereocenters. The van der Waals surface area contributed by atoms with E-state index in [9.17, 15) is 0 Å². The predicted octanol–water partition coefficient (Wildman–Crippen LogP) is 4.19. The summed E-state index contributed by atoms with van der Waals surface area (Å²) in [5.74, 6) is 0.694. The maximum absolute atomic E-state index is 2.59. The second-order valence-electron chi connectivity index (χ2n) is 5.39. The zero-order valence-electron chi connectivity index (χ0n) is 11.3. The van der Waals surface area contributed by atoms with Gasteiger partial charge in [-0.3, -0.25) is 4.90 Å². The van der Waals surface area contributed by atoms with Crippen LogP contribution in [-0.4, -0.2) is 18.0 Å². The highest BCUT2D eigenvalue weighted by molar-refractivity contribution is 5.25. The average molecular weight is 231 g/mol. The van der Waals surface area contributed by atoms with E-state index in [0.717, 1.165) is 6.54 Å². The molecule has 1 aliphatic rings. The molecule has 0 N–H and O–H groups in total. The first-order chi connectivity index (χ1) is 8.29. The van der Waals surface area contributed by atoms with Crippen LogP contribution < -0.4 is 0 Å². The highest BCUT2D eigenvalue weighted by Crippen LogP contribution is 2.20. The van der Waals surface area contributed by atoms with Crippen LogP contribution in [0.5, 0.6) is 0 Å². The number of likely N-dealkylation sites (tertiary alicyclic amines) is 1. The summed E-state index contributed by atoms with van der Waals surface area (Å²) in [7, 11) is 0. The van der Waals surface area contributed by atoms with Crippen LogP contribution in [0.3, 0.4) is 0 Å². The van der Waals surface area contributed by atoms with Crippen LogP contribution in [0.2, 0.25) is 0 Å². The lowest BCUT2D eigenvalue weighted by Crippen LogP contribution is -2.29. The second kappa shape index (κ2) is 6.20. The first kappa shape index (κ1) is 12.6. The Balaban J connectivity index is 1.93. The van der Waals surface area contributed by atoms with Gasteiger partial charge in [-0.1, -0.05) is 44.5 Å². The van der Waals surface area contributed by atoms with Crippen LogP contribution in [0.15, 0.2) is 24.3 Å². The summed E-state index contributed by atoms with van der Waals surface area (Å²) in [4.78, 5) is 2.59. The zero-order valence-corrected chi connectivity index (χ0v) is 11.3. The van der Waals surface area contributed by atoms with E-state index >= 15 is 0 Å². The zero-order chi connectivity index (χ0) is 12.1. The molecule has 1 fully saturated rings. The minimum atomic E-state index is 0.694. The van der Waals surface area contributed by atoms with Crippen molar-refractivity contribution in [3.63, 3.8) is 0 Å². The second-order valence-corrected chi connectivity index (χ2v) is 5.39. The van der Waals surface area contributed by atoms with Gasteiger partial charge in [0, 0.05) is 6.54 Å². The minimum absolute atomic E-state index is 0.694. The molecule has 94 valence electrons. The Hall–Kier alpha value is -0.820. The molecule has 1 heterocycles. The van der Waals surface area contributed by atoms with Gasteiger partial charge in [-0.05, 0) is 49.4 Å². The first-order valence-corrected chi connectivity index (χ1v) is 7.10. The Morgan fingerprint density at radius 2 is 1.71 bits per heavy atom. The number of hydrogen-bond acceptors (Lipinski definition) is 1. The average Bonchev–Trinajstić information content (AvgIpc) is 2.40. The summed E-state index contributed by atoms with van der Waals surface area (Å²) >= 11 is 0. The number of piperidine rings is 1. The Bertz CT molecular complexity index is 322. The summed E-state index contributed by atoms with van der Waals surface area (Å²) in [6, 6.07) is 9.26. The van der Waals surface area contributed by atoms with E-state index in [1.54, 1.807) is 0 Å². The molecule has 1 aromatic rings. The standard InChI is InChI=1S/C16H25N/c1-3-14(2)16-9-7-15(8-10-16)13-17-11-5-4-6-12-17/h7-10,14H,3-6,11-13H2,1-2H3. The maximum atomic E-state index is 2.59. The molecular weight excluding hydrogens is 206 g/mol. The molecule has 0 amide bonds. The van der Waals surface area contributed by atoms with Gasteiger partial charge in [0.2, 0.25) is 0 Å². The fourth-order valence-electron chi connectivity index (χ4n) is 2.56. The molecule has 1 atom stereocenters. The van der Waals surface area contributed by atoms with Crippen LogP contribution in [0, 0.1) is 0 Å². The predicted molar refractivity (Wildman–Crippen MR) is 74.3 cm³/mol. The topological polar surface area (TPSA) is 3.24 Å². The number of rotatable bonds is 4. The van der Waals surface area contributed by atoms with Gasteiger partial charge in [-0.2, -0.15) is 0 Å². The Labute approximate surface area is 106 Å². The van der Waals surface area contributed by atoms with Crippen molar-refractivity contribution in [1.29, 1.82) is 0 Å². The van der Waals surface area contributed by atoms with Gasteiger partial charge in [0.25, 0.3) is 0 Å². The maximum Gasteiger partial charge on any atom is 0.0233 e. The normalized spacial score (nSPS) is 19.2. The van der Waals surface area contributed by atoms with Crippen LogP contribution in [0.4, 0.5) is 0 Å².